The summed E-state index contributed by atoms with van der Waals surface area (Å²) in [5, 5.41) is 12.4. The number of pyridine rings is 1. The highest BCUT2D eigenvalue weighted by atomic mass is 35.5. The topological polar surface area (TPSA) is 78.2 Å². The van der Waals surface area contributed by atoms with Gasteiger partial charge < -0.3 is 15.0 Å². The van der Waals surface area contributed by atoms with E-state index in [1.165, 1.54) is 6.20 Å². The number of hydrogen-bond donors (Lipinski definition) is 1. The van der Waals surface area contributed by atoms with Crippen LogP contribution in [0, 0.1) is 11.3 Å². The van der Waals surface area contributed by atoms with Crippen LogP contribution in [0.25, 0.3) is 0 Å². The number of anilines is 1. The molecule has 6 nitrogen and oxygen atoms in total. The van der Waals surface area contributed by atoms with Gasteiger partial charge in [-0.05, 0) is 12.5 Å². The van der Waals surface area contributed by atoms with Gasteiger partial charge in [0, 0.05) is 19.3 Å². The minimum atomic E-state index is -0.573. The van der Waals surface area contributed by atoms with Crippen molar-refractivity contribution < 1.29 is 9.53 Å². The number of carbonyl (C=O) groups excluding carboxylic acids is 1. The first-order valence-corrected chi connectivity index (χ1v) is 7.23. The van der Waals surface area contributed by atoms with Crippen molar-refractivity contribution in [3.05, 3.63) is 22.8 Å². The van der Waals surface area contributed by atoms with Gasteiger partial charge in [-0.15, -0.1) is 0 Å². The minimum Gasteiger partial charge on any atom is -0.369 e. The zero-order valence-corrected chi connectivity index (χ0v) is 12.6. The third-order valence-electron chi connectivity index (χ3n) is 3.13. The van der Waals surface area contributed by atoms with Crippen LogP contribution in [0.2, 0.25) is 5.02 Å². The van der Waals surface area contributed by atoms with E-state index in [2.05, 4.69) is 10.3 Å². The molecule has 0 aromatic carbocycles. The molecule has 0 bridgehead atoms. The zero-order chi connectivity index (χ0) is 15.2. The molecule has 1 fully saturated rings. The van der Waals surface area contributed by atoms with Gasteiger partial charge in [-0.1, -0.05) is 18.5 Å². The number of halogens is 1. The molecule has 0 spiro atoms. The lowest BCUT2D eigenvalue weighted by Gasteiger charge is -2.29. The second-order valence-corrected chi connectivity index (χ2v) is 5.13. The normalized spacial score (nSPS) is 18.1. The Kier molecular flexibility index (Phi) is 5.37. The number of carbonyl (C=O) groups is 1. The third-order valence-corrected chi connectivity index (χ3v) is 3.42. The standard InChI is InChI=1S/C14H17ClN4O2/c1-2-3-17-13-12(15)6-10(8-18-13)14(20)19-4-5-21-11(7-16)9-19/h6,8,11H,2-5,9H2,1H3,(H,17,18). The van der Waals surface area contributed by atoms with Gasteiger partial charge in [0.25, 0.3) is 5.91 Å². The van der Waals surface area contributed by atoms with E-state index in [1.807, 2.05) is 13.0 Å². The number of ether oxygens (including phenoxy) is 1. The van der Waals surface area contributed by atoms with Crippen molar-refractivity contribution in [1.29, 1.82) is 5.26 Å². The van der Waals surface area contributed by atoms with Crippen LogP contribution in [0.5, 0.6) is 0 Å². The predicted molar refractivity (Wildman–Crippen MR) is 79.3 cm³/mol. The van der Waals surface area contributed by atoms with Crippen molar-refractivity contribution in [3.63, 3.8) is 0 Å². The van der Waals surface area contributed by atoms with E-state index in [4.69, 9.17) is 21.6 Å². The number of amides is 1. The van der Waals surface area contributed by atoms with Crippen molar-refractivity contribution >= 4 is 23.3 Å². The molecule has 1 aliphatic heterocycles. The fourth-order valence-electron chi connectivity index (χ4n) is 2.02. The average Bonchev–Trinajstić information content (AvgIpc) is 2.53. The number of nitriles is 1. The number of hydrogen-bond acceptors (Lipinski definition) is 5. The fourth-order valence-corrected chi connectivity index (χ4v) is 2.26. The van der Waals surface area contributed by atoms with E-state index in [9.17, 15) is 4.79 Å². The number of morpholine rings is 1. The maximum absolute atomic E-state index is 12.4. The first-order chi connectivity index (χ1) is 10.2. The van der Waals surface area contributed by atoms with Gasteiger partial charge in [0.1, 0.15) is 5.82 Å². The molecule has 0 saturated carbocycles. The molecule has 1 amide bonds. The van der Waals surface area contributed by atoms with Crippen molar-refractivity contribution in [1.82, 2.24) is 9.88 Å². The van der Waals surface area contributed by atoms with Crippen molar-refractivity contribution in [2.75, 3.05) is 31.6 Å². The van der Waals surface area contributed by atoms with E-state index < -0.39 is 6.10 Å². The van der Waals surface area contributed by atoms with E-state index in [-0.39, 0.29) is 12.5 Å². The van der Waals surface area contributed by atoms with Crippen molar-refractivity contribution in [2.24, 2.45) is 0 Å². The molecule has 1 aromatic rings. The molecule has 1 unspecified atom stereocenters. The molecule has 1 saturated heterocycles. The van der Waals surface area contributed by atoms with Gasteiger partial charge in [0.05, 0.1) is 29.8 Å². The lowest BCUT2D eigenvalue weighted by atomic mass is 10.2. The lowest BCUT2D eigenvalue weighted by Crippen LogP contribution is -2.45. The van der Waals surface area contributed by atoms with Crippen LogP contribution in [0.15, 0.2) is 12.3 Å². The molecule has 0 aliphatic carbocycles. The van der Waals surface area contributed by atoms with Crippen LogP contribution in [-0.2, 0) is 4.74 Å². The fraction of sp³-hybridized carbons (Fsp3) is 0.500. The van der Waals surface area contributed by atoms with Gasteiger partial charge in [-0.2, -0.15) is 5.26 Å². The van der Waals surface area contributed by atoms with Crippen LogP contribution in [0.3, 0.4) is 0 Å². The molecule has 2 heterocycles. The van der Waals surface area contributed by atoms with Crippen LogP contribution in [-0.4, -0.2) is 48.1 Å². The Balaban J connectivity index is 2.09. The summed E-state index contributed by atoms with van der Waals surface area (Å²) in [5.41, 5.74) is 0.417. The van der Waals surface area contributed by atoms with Crippen LogP contribution in [0.1, 0.15) is 23.7 Å². The van der Waals surface area contributed by atoms with Crippen molar-refractivity contribution in [2.45, 2.75) is 19.4 Å². The quantitative estimate of drug-likeness (QED) is 0.919. The summed E-state index contributed by atoms with van der Waals surface area (Å²) in [6, 6.07) is 3.62. The summed E-state index contributed by atoms with van der Waals surface area (Å²) in [4.78, 5) is 18.2. The van der Waals surface area contributed by atoms with Gasteiger partial charge in [-0.3, -0.25) is 4.79 Å². The SMILES string of the molecule is CCCNc1ncc(C(=O)N2CCOC(C#N)C2)cc1Cl. The monoisotopic (exact) mass is 308 g/mol. The first-order valence-electron chi connectivity index (χ1n) is 6.85. The second kappa shape index (κ2) is 7.25. The summed E-state index contributed by atoms with van der Waals surface area (Å²) in [6.07, 6.45) is 1.89. The number of nitrogens with one attached hydrogen (secondary N) is 1. The highest BCUT2D eigenvalue weighted by molar-refractivity contribution is 6.33. The molecule has 0 radical (unpaired) electrons. The van der Waals surface area contributed by atoms with Gasteiger partial charge in [0.15, 0.2) is 6.10 Å². The maximum Gasteiger partial charge on any atom is 0.255 e. The van der Waals surface area contributed by atoms with E-state index >= 15 is 0 Å². The van der Waals surface area contributed by atoms with E-state index in [0.717, 1.165) is 13.0 Å². The van der Waals surface area contributed by atoms with Gasteiger partial charge in [-0.25, -0.2) is 4.98 Å². The van der Waals surface area contributed by atoms with Gasteiger partial charge >= 0.3 is 0 Å². The Bertz CT molecular complexity index is 558. The predicted octanol–water partition coefficient (Wildman–Crippen LogP) is 1.92. The summed E-state index contributed by atoms with van der Waals surface area (Å²) in [7, 11) is 0. The summed E-state index contributed by atoms with van der Waals surface area (Å²) in [5.74, 6) is 0.391. The molecule has 21 heavy (non-hydrogen) atoms. The largest absolute Gasteiger partial charge is 0.369 e. The van der Waals surface area contributed by atoms with Crippen LogP contribution >= 0.6 is 11.6 Å². The van der Waals surface area contributed by atoms with Gasteiger partial charge in [0.2, 0.25) is 0 Å². The van der Waals surface area contributed by atoms with Crippen LogP contribution < -0.4 is 5.32 Å². The molecule has 1 N–H and O–H groups in total. The zero-order valence-electron chi connectivity index (χ0n) is 11.8. The maximum atomic E-state index is 12.4. The smallest absolute Gasteiger partial charge is 0.255 e. The number of aromatic nitrogens is 1. The molecule has 1 atom stereocenters. The highest BCUT2D eigenvalue weighted by Crippen LogP contribution is 2.21. The molecular weight excluding hydrogens is 292 g/mol. The number of nitrogens with zero attached hydrogens (tertiary/aromatic N) is 3. The molecule has 1 aliphatic rings. The minimum absolute atomic E-state index is 0.185. The summed E-state index contributed by atoms with van der Waals surface area (Å²) < 4.78 is 5.22. The Labute approximate surface area is 128 Å². The Morgan fingerprint density at radius 3 is 3.19 bits per heavy atom. The first kappa shape index (κ1) is 15.5. The third kappa shape index (κ3) is 3.84. The highest BCUT2D eigenvalue weighted by Gasteiger charge is 2.25. The summed E-state index contributed by atoms with van der Waals surface area (Å²) >= 11 is 6.13. The Morgan fingerprint density at radius 2 is 2.52 bits per heavy atom. The van der Waals surface area contributed by atoms with E-state index in [0.29, 0.717) is 29.6 Å². The van der Waals surface area contributed by atoms with E-state index in [1.54, 1.807) is 11.0 Å². The number of rotatable bonds is 4. The molecule has 112 valence electrons. The second-order valence-electron chi connectivity index (χ2n) is 4.72. The van der Waals surface area contributed by atoms with Crippen molar-refractivity contribution in [3.8, 4) is 6.07 Å². The summed E-state index contributed by atoms with van der Waals surface area (Å²) in [6.45, 7) is 3.91. The molecule has 1 aromatic heterocycles. The average molecular weight is 309 g/mol. The Morgan fingerprint density at radius 1 is 1.71 bits per heavy atom. The molecular formula is C14H17ClN4O2. The van der Waals surface area contributed by atoms with Crippen LogP contribution in [0.4, 0.5) is 5.82 Å². The Hall–Kier alpha value is -1.84. The molecule has 2 rings (SSSR count). The lowest BCUT2D eigenvalue weighted by molar-refractivity contribution is 0.00345. The molecule has 7 heteroatoms.